The summed E-state index contributed by atoms with van der Waals surface area (Å²) in [5.74, 6) is -3.78. The fourth-order valence-electron chi connectivity index (χ4n) is 4.74. The summed E-state index contributed by atoms with van der Waals surface area (Å²) in [6.45, 7) is 15.2. The Labute approximate surface area is 323 Å². The van der Waals surface area contributed by atoms with Crippen molar-refractivity contribution in [2.24, 2.45) is 17.8 Å². The Morgan fingerprint density at radius 3 is 0.962 bits per heavy atom. The van der Waals surface area contributed by atoms with Crippen molar-refractivity contribution < 1.29 is 52.2 Å². The second-order valence-corrected chi connectivity index (χ2v) is 21.4. The van der Waals surface area contributed by atoms with Gasteiger partial charge in [0, 0.05) is 0 Å². The molecule has 0 aromatic rings. The van der Waals surface area contributed by atoms with Crippen molar-refractivity contribution in [1.82, 2.24) is 0 Å². The third-order valence-electron chi connectivity index (χ3n) is 7.68. The zero-order valence-electron chi connectivity index (χ0n) is 33.3. The van der Waals surface area contributed by atoms with Crippen LogP contribution in [-0.2, 0) is 52.2 Å². The van der Waals surface area contributed by atoms with Crippen molar-refractivity contribution in [2.45, 2.75) is 143 Å². The van der Waals surface area contributed by atoms with Crippen molar-refractivity contribution in [2.75, 3.05) is 19.8 Å². The van der Waals surface area contributed by atoms with E-state index in [-0.39, 0.29) is 24.3 Å². The Balaban J connectivity index is 5.63. The molecule has 0 spiro atoms. The number of unbranched alkanes of at least 4 members (excludes halogenated alkanes) is 7. The van der Waals surface area contributed by atoms with Gasteiger partial charge >= 0.3 is 283 Å². The molecule has 0 aliphatic carbocycles. The molecule has 0 aliphatic heterocycles. The zero-order valence-corrected chi connectivity index (χ0v) is 36.2. The van der Waals surface area contributed by atoms with Crippen molar-refractivity contribution >= 4 is 55.4 Å². The van der Waals surface area contributed by atoms with Crippen LogP contribution in [0.15, 0.2) is 36.5 Å². The molecule has 0 N–H and O–H groups in total. The standard InChI is InChI=1S/3C12H20O4.C4H9.Sn/c3*1-10(2)6-4-3-5-9-16-12(15)8-7-11(13)14;1-3-4-2;/h3*7-8,10H,3-6,9H2,1-2H3,(H,13,14);1,3-4H2,2H3;/q;;;;+3/p-3. The van der Waals surface area contributed by atoms with Crippen LogP contribution in [0.25, 0.3) is 0 Å². The predicted molar refractivity (Wildman–Crippen MR) is 204 cm³/mol. The minimum absolute atomic E-state index is 0.0909. The molecule has 0 heterocycles. The van der Waals surface area contributed by atoms with Crippen LogP contribution in [0.2, 0.25) is 4.44 Å². The van der Waals surface area contributed by atoms with E-state index in [2.05, 4.69) is 41.5 Å². The van der Waals surface area contributed by atoms with Gasteiger partial charge in [0.25, 0.3) is 0 Å². The smallest absolute Gasteiger partial charge is 0.0628 e. The molecule has 13 heteroatoms. The first kappa shape index (κ1) is 49.8. The minimum atomic E-state index is -5.51. The van der Waals surface area contributed by atoms with Crippen molar-refractivity contribution in [3.8, 4) is 0 Å². The molecule has 0 rings (SSSR count). The molecule has 0 bridgehead atoms. The Hall–Kier alpha value is -3.16. The van der Waals surface area contributed by atoms with E-state index >= 15 is 0 Å². The summed E-state index contributed by atoms with van der Waals surface area (Å²) in [6.07, 6.45) is 17.0. The van der Waals surface area contributed by atoms with E-state index in [1.54, 1.807) is 0 Å². The van der Waals surface area contributed by atoms with E-state index in [4.69, 9.17) is 23.4 Å². The van der Waals surface area contributed by atoms with Gasteiger partial charge in [0.15, 0.2) is 0 Å². The first-order chi connectivity index (χ1) is 25.2. The monoisotopic (exact) mass is 858 g/mol. The van der Waals surface area contributed by atoms with Gasteiger partial charge in [-0.15, -0.1) is 0 Å². The number of rotatable bonds is 30. The predicted octanol–water partition coefficient (Wildman–Crippen LogP) is 8.30. The molecule has 0 fully saturated rings. The van der Waals surface area contributed by atoms with Crippen LogP contribution in [0.3, 0.4) is 0 Å². The Bertz CT molecular complexity index is 1040. The summed E-state index contributed by atoms with van der Waals surface area (Å²) in [7, 11) is 0. The fourth-order valence-corrected chi connectivity index (χ4v) is 11.4. The Morgan fingerprint density at radius 1 is 0.415 bits per heavy atom. The molecular weight excluding hydrogens is 791 g/mol. The molecule has 302 valence electrons. The van der Waals surface area contributed by atoms with Gasteiger partial charge in [-0.1, -0.05) is 41.5 Å². The summed E-state index contributed by atoms with van der Waals surface area (Å²) in [5.41, 5.74) is 0. The molecule has 0 amide bonds. The SMILES string of the molecule is CCC[CH2][Sn]([O]C(=O)C=CC(=O)OCCCCCC(C)C)([O]C(=O)C=CC(=O)OCCCCCC(C)C)[O]C(=O)C=CC(=O)OCCCCCC(C)C. The van der Waals surface area contributed by atoms with Gasteiger partial charge in [-0.2, -0.15) is 0 Å². The van der Waals surface area contributed by atoms with E-state index in [0.717, 1.165) is 94.2 Å². The molecule has 0 saturated carbocycles. The minimum Gasteiger partial charge on any atom is -0.0628 e. The molecule has 0 atom stereocenters. The number of esters is 3. The Kier molecular flexibility index (Phi) is 29.4. The second-order valence-electron chi connectivity index (χ2n) is 14.3. The average molecular weight is 858 g/mol. The number of ether oxygens (including phenoxy) is 3. The fraction of sp³-hybridized carbons (Fsp3) is 0.700. The summed E-state index contributed by atoms with van der Waals surface area (Å²) < 4.78 is 32.0. The topological polar surface area (TPSA) is 158 Å². The summed E-state index contributed by atoms with van der Waals surface area (Å²) >= 11 is -5.51. The second kappa shape index (κ2) is 31.2. The first-order valence-electron chi connectivity index (χ1n) is 19.4. The van der Waals surface area contributed by atoms with Crippen LogP contribution >= 0.6 is 0 Å². The summed E-state index contributed by atoms with van der Waals surface area (Å²) in [4.78, 5) is 75.4. The molecule has 12 nitrogen and oxygen atoms in total. The van der Waals surface area contributed by atoms with Crippen LogP contribution in [0, 0.1) is 17.8 Å². The number of hydrogen-bond acceptors (Lipinski definition) is 12. The van der Waals surface area contributed by atoms with Crippen molar-refractivity contribution in [1.29, 1.82) is 0 Å². The van der Waals surface area contributed by atoms with Crippen molar-refractivity contribution in [3.05, 3.63) is 36.5 Å². The third kappa shape index (κ3) is 30.9. The van der Waals surface area contributed by atoms with Crippen LogP contribution in [0.5, 0.6) is 0 Å². The molecule has 0 aromatic heterocycles. The molecule has 0 unspecified atom stereocenters. The zero-order chi connectivity index (χ0) is 39.9. The van der Waals surface area contributed by atoms with Crippen LogP contribution in [0.1, 0.15) is 138 Å². The Morgan fingerprint density at radius 2 is 0.698 bits per heavy atom. The first-order valence-corrected chi connectivity index (χ1v) is 24.9. The normalized spacial score (nSPS) is 12.8. The van der Waals surface area contributed by atoms with Crippen LogP contribution in [0.4, 0.5) is 0 Å². The maximum atomic E-state index is 12.9. The van der Waals surface area contributed by atoms with Gasteiger partial charge in [-0.25, -0.2) is 0 Å². The molecular formula is C40H66O12Sn. The van der Waals surface area contributed by atoms with E-state index in [1.807, 2.05) is 6.92 Å². The molecule has 0 saturated heterocycles. The van der Waals surface area contributed by atoms with Crippen LogP contribution in [-0.4, -0.2) is 75.3 Å². The number of carbonyl (C=O) groups is 6. The van der Waals surface area contributed by atoms with E-state index in [0.29, 0.717) is 49.9 Å². The van der Waals surface area contributed by atoms with E-state index in [9.17, 15) is 28.8 Å². The van der Waals surface area contributed by atoms with Gasteiger partial charge in [-0.3, -0.25) is 0 Å². The number of hydrogen-bond donors (Lipinski definition) is 0. The van der Waals surface area contributed by atoms with Gasteiger partial charge in [-0.05, 0) is 0 Å². The van der Waals surface area contributed by atoms with Crippen LogP contribution < -0.4 is 0 Å². The van der Waals surface area contributed by atoms with Crippen molar-refractivity contribution in [3.63, 3.8) is 0 Å². The number of carbonyl (C=O) groups excluding carboxylic acids is 6. The average Bonchev–Trinajstić information content (AvgIpc) is 3.08. The third-order valence-corrected chi connectivity index (χ3v) is 14.8. The maximum absolute atomic E-state index is 12.9. The molecule has 53 heavy (non-hydrogen) atoms. The molecule has 0 aliphatic rings. The molecule has 0 aromatic carbocycles. The molecule has 0 radical (unpaired) electrons. The van der Waals surface area contributed by atoms with Gasteiger partial charge in [0.05, 0.1) is 0 Å². The van der Waals surface area contributed by atoms with Gasteiger partial charge in [0.2, 0.25) is 0 Å². The van der Waals surface area contributed by atoms with Gasteiger partial charge < -0.3 is 0 Å². The van der Waals surface area contributed by atoms with E-state index < -0.39 is 55.4 Å². The quantitative estimate of drug-likeness (QED) is 0.0224. The summed E-state index contributed by atoms with van der Waals surface area (Å²) in [6, 6.07) is 0. The summed E-state index contributed by atoms with van der Waals surface area (Å²) in [5, 5.41) is 0. The van der Waals surface area contributed by atoms with Gasteiger partial charge in [0.1, 0.15) is 0 Å². The van der Waals surface area contributed by atoms with E-state index in [1.165, 1.54) is 0 Å².